The molecule has 8 bridgehead atoms. The molecule has 0 saturated heterocycles. The molecule has 272 valence electrons. The fourth-order valence-electron chi connectivity index (χ4n) is 7.62. The second-order valence-electron chi connectivity index (χ2n) is 14.8. The molecule has 2 atom stereocenters. The van der Waals surface area contributed by atoms with Crippen LogP contribution < -0.4 is 0 Å². The summed E-state index contributed by atoms with van der Waals surface area (Å²) in [6.07, 6.45) is 7.43. The molecule has 3 aromatic heterocycles. The summed E-state index contributed by atoms with van der Waals surface area (Å²) < 4.78 is 0. The molecule has 0 radical (unpaired) electrons. The fourth-order valence-corrected chi connectivity index (χ4v) is 7.62. The minimum Gasteiger partial charge on any atom is -0.481 e. The number of carbonyl (C=O) groups is 3. The molecular formula is C41H53N5O5. The van der Waals surface area contributed by atoms with E-state index >= 15 is 0 Å². The highest BCUT2D eigenvalue weighted by atomic mass is 16.4. The van der Waals surface area contributed by atoms with E-state index in [1.54, 1.807) is 19.0 Å². The van der Waals surface area contributed by atoms with Crippen LogP contribution in [0.2, 0.25) is 0 Å². The van der Waals surface area contributed by atoms with Crippen molar-refractivity contribution in [2.75, 3.05) is 14.1 Å². The Bertz CT molecular complexity index is 2020. The number of carboxylic acid groups (broad SMARTS) is 2. The summed E-state index contributed by atoms with van der Waals surface area (Å²) in [5.74, 6) is -1.73. The monoisotopic (exact) mass is 695 g/mol. The Morgan fingerprint density at radius 3 is 2.20 bits per heavy atom. The van der Waals surface area contributed by atoms with Crippen LogP contribution in [0.4, 0.5) is 0 Å². The van der Waals surface area contributed by atoms with E-state index in [2.05, 4.69) is 42.0 Å². The maximum Gasteiger partial charge on any atom is 0.303 e. The minimum atomic E-state index is -0.883. The number of H-pyrrole nitrogens is 2. The number of rotatable bonds is 14. The Balaban J connectivity index is 1.84. The molecule has 10 heteroatoms. The van der Waals surface area contributed by atoms with E-state index < -0.39 is 17.4 Å². The van der Waals surface area contributed by atoms with Crippen molar-refractivity contribution < 1.29 is 24.6 Å². The lowest BCUT2D eigenvalue weighted by atomic mass is 9.70. The van der Waals surface area contributed by atoms with E-state index in [9.17, 15) is 24.6 Å². The summed E-state index contributed by atoms with van der Waals surface area (Å²) in [5.41, 5.74) is 10.6. The number of carboxylic acids is 2. The minimum absolute atomic E-state index is 0.0196. The summed E-state index contributed by atoms with van der Waals surface area (Å²) in [7, 11) is 3.60. The zero-order chi connectivity index (χ0) is 37.0. The van der Waals surface area contributed by atoms with Crippen LogP contribution in [0.15, 0.2) is 30.3 Å². The van der Waals surface area contributed by atoms with Crippen molar-refractivity contribution in [3.63, 3.8) is 0 Å². The molecule has 4 N–H and O–H groups in total. The second kappa shape index (κ2) is 15.7. The number of amides is 1. The van der Waals surface area contributed by atoms with Crippen LogP contribution in [0.1, 0.15) is 130 Å². The smallest absolute Gasteiger partial charge is 0.303 e. The highest BCUT2D eigenvalue weighted by Gasteiger charge is 2.44. The van der Waals surface area contributed by atoms with Crippen LogP contribution in [0.5, 0.6) is 0 Å². The number of aliphatic carboxylic acids is 2. The van der Waals surface area contributed by atoms with Crippen molar-refractivity contribution in [3.05, 3.63) is 69.8 Å². The van der Waals surface area contributed by atoms with E-state index in [0.29, 0.717) is 25.0 Å². The zero-order valence-corrected chi connectivity index (χ0v) is 31.2. The van der Waals surface area contributed by atoms with Crippen molar-refractivity contribution in [2.24, 2.45) is 0 Å². The average molecular weight is 696 g/mol. The van der Waals surface area contributed by atoms with Crippen molar-refractivity contribution in [1.29, 1.82) is 0 Å². The molecule has 0 saturated carbocycles. The van der Waals surface area contributed by atoms with Gasteiger partial charge in [-0.1, -0.05) is 46.0 Å². The van der Waals surface area contributed by atoms with Gasteiger partial charge in [-0.2, -0.15) is 0 Å². The Hall–Kier alpha value is -4.73. The van der Waals surface area contributed by atoms with Crippen LogP contribution in [0, 0.1) is 13.8 Å². The van der Waals surface area contributed by atoms with Gasteiger partial charge < -0.3 is 25.1 Å². The van der Waals surface area contributed by atoms with E-state index in [1.165, 1.54) is 19.3 Å². The molecule has 5 rings (SSSR count). The molecule has 2 aliphatic heterocycles. The number of allylic oxidation sites excluding steroid dienone is 2. The number of carbonyl (C=O) groups excluding carboxylic acids is 1. The van der Waals surface area contributed by atoms with Gasteiger partial charge >= 0.3 is 11.9 Å². The highest BCUT2D eigenvalue weighted by molar-refractivity contribution is 5.94. The zero-order valence-electron chi connectivity index (χ0n) is 31.2. The third-order valence-electron chi connectivity index (χ3n) is 10.8. The number of nitrogens with one attached hydrogen (secondary N) is 2. The first-order valence-electron chi connectivity index (χ1n) is 18.3. The molecule has 0 unspecified atom stereocenters. The van der Waals surface area contributed by atoms with Gasteiger partial charge in [0.1, 0.15) is 0 Å². The second-order valence-corrected chi connectivity index (χ2v) is 14.8. The Morgan fingerprint density at radius 2 is 1.51 bits per heavy atom. The van der Waals surface area contributed by atoms with Crippen LogP contribution in [0.3, 0.4) is 0 Å². The number of fused-ring (bicyclic) bond motifs is 8. The Kier molecular flexibility index (Phi) is 11.5. The van der Waals surface area contributed by atoms with Gasteiger partial charge in [0.05, 0.1) is 11.4 Å². The fraction of sp³-hybridized carbons (Fsp3) is 0.488. The predicted octanol–water partition coefficient (Wildman–Crippen LogP) is 8.62. The molecule has 10 nitrogen and oxygen atoms in total. The summed E-state index contributed by atoms with van der Waals surface area (Å²) in [4.78, 5) is 56.1. The molecule has 0 aromatic carbocycles. The van der Waals surface area contributed by atoms with Gasteiger partial charge in [-0.3, -0.25) is 19.4 Å². The first kappa shape index (κ1) is 37.5. The van der Waals surface area contributed by atoms with Gasteiger partial charge in [-0.15, -0.1) is 0 Å². The molecule has 0 spiro atoms. The maximum atomic E-state index is 13.5. The number of aromatic nitrogens is 4. The maximum absolute atomic E-state index is 13.5. The van der Waals surface area contributed by atoms with E-state index in [4.69, 9.17) is 9.97 Å². The number of hydrogen-bond acceptors (Lipinski definition) is 5. The third kappa shape index (κ3) is 8.26. The Morgan fingerprint density at radius 1 is 0.824 bits per heavy atom. The number of hydrogen-bond donors (Lipinski definition) is 4. The van der Waals surface area contributed by atoms with Gasteiger partial charge in [0.2, 0.25) is 5.91 Å². The van der Waals surface area contributed by atoms with Crippen molar-refractivity contribution >= 4 is 51.1 Å². The number of aryl methyl sites for hydroxylation is 3. The van der Waals surface area contributed by atoms with Gasteiger partial charge in [0.15, 0.2) is 0 Å². The lowest BCUT2D eigenvalue weighted by Crippen LogP contribution is -2.34. The summed E-state index contributed by atoms with van der Waals surface area (Å²) >= 11 is 0. The van der Waals surface area contributed by atoms with Gasteiger partial charge in [0, 0.05) is 78.1 Å². The average Bonchev–Trinajstić information content (AvgIpc) is 3.72. The standard InChI is InChI=1S/C41H53N5O5/c1-8-9-10-11-12-13-30-36-21-33-26(4)29(15-17-40(50)51)35(44-33)22-34-28(14-16-39(48)49)25(3)32(43-34)20-31-24(2)18-27(42-31)19-37(45-36)41(30,5)23-38(47)46(6)7/h18-22,30,42,44H,8-17,23H2,1-7H3,(H,48,49)(H,50,51)/t30-,41-/m0/s1. The van der Waals surface area contributed by atoms with Crippen molar-refractivity contribution in [3.8, 4) is 0 Å². The molecule has 5 heterocycles. The molecule has 3 aromatic rings. The topological polar surface area (TPSA) is 152 Å². The van der Waals surface area contributed by atoms with Crippen LogP contribution >= 0.6 is 0 Å². The van der Waals surface area contributed by atoms with Gasteiger partial charge in [0.25, 0.3) is 0 Å². The molecule has 1 amide bonds. The number of nitrogens with zero attached hydrogens (tertiary/aromatic N) is 3. The van der Waals surface area contributed by atoms with Crippen molar-refractivity contribution in [1.82, 2.24) is 24.8 Å². The molecule has 0 fully saturated rings. The molecule has 51 heavy (non-hydrogen) atoms. The van der Waals surface area contributed by atoms with Crippen LogP contribution in [-0.4, -0.2) is 67.0 Å². The van der Waals surface area contributed by atoms with Crippen LogP contribution in [-0.2, 0) is 26.2 Å². The quantitative estimate of drug-likeness (QED) is 0.123. The summed E-state index contributed by atoms with van der Waals surface area (Å²) in [5, 5.41) is 19.2. The van der Waals surface area contributed by atoms with E-state index in [-0.39, 0.29) is 24.7 Å². The molecule has 2 aliphatic rings. The number of unbranched alkanes of at least 4 members (excludes halogenated alkanes) is 4. The van der Waals surface area contributed by atoms with E-state index in [1.807, 2.05) is 32.9 Å². The van der Waals surface area contributed by atoms with E-state index in [0.717, 1.165) is 86.2 Å². The molecule has 0 aliphatic carbocycles. The Labute approximate surface area is 300 Å². The van der Waals surface area contributed by atoms with Gasteiger partial charge in [-0.05, 0) is 98.2 Å². The lowest BCUT2D eigenvalue weighted by molar-refractivity contribution is -0.137. The van der Waals surface area contributed by atoms with Gasteiger partial charge in [-0.25, -0.2) is 4.98 Å². The first-order chi connectivity index (χ1) is 24.2. The normalized spacial score (nSPS) is 17.2. The predicted molar refractivity (Wildman–Crippen MR) is 203 cm³/mol. The SMILES string of the molecule is CCCCCCC[C@H]1c2cc3[nH]c(cc4nc(cc5[nH]c(cc(n2)[C@@]1(C)CC(=O)N(C)C)cc5C)C(C)=C4CCC(=O)O)c(CCC(=O)O)c3C. The number of aromatic amines is 2. The third-order valence-corrected chi connectivity index (χ3v) is 10.8. The highest BCUT2D eigenvalue weighted by Crippen LogP contribution is 2.48. The molecular weight excluding hydrogens is 642 g/mol. The summed E-state index contributed by atoms with van der Waals surface area (Å²) in [6.45, 7) is 10.4. The van der Waals surface area contributed by atoms with Crippen LogP contribution in [0.25, 0.3) is 33.2 Å². The largest absolute Gasteiger partial charge is 0.481 e. The van der Waals surface area contributed by atoms with Crippen molar-refractivity contribution in [2.45, 2.75) is 117 Å². The summed E-state index contributed by atoms with van der Waals surface area (Å²) in [6, 6.07) is 10.2. The first-order valence-corrected chi connectivity index (χ1v) is 18.3. The lowest BCUT2D eigenvalue weighted by Gasteiger charge is -2.32.